The lowest BCUT2D eigenvalue weighted by atomic mass is 9.83. The number of likely N-dealkylation sites (N-methyl/N-ethyl adjacent to an activating group) is 2. The fourth-order valence-corrected chi connectivity index (χ4v) is 13.6. The molecular formula is C70H96N10O8. The molecule has 2 unspecified atom stereocenters. The van der Waals surface area contributed by atoms with Gasteiger partial charge in [-0.1, -0.05) is 173 Å². The minimum Gasteiger partial charge on any atom is -0.354 e. The van der Waals surface area contributed by atoms with Crippen molar-refractivity contribution in [1.82, 2.24) is 52.3 Å². The Kier molecular flexibility index (Phi) is 25.5. The number of amides is 8. The van der Waals surface area contributed by atoms with Gasteiger partial charge in [-0.2, -0.15) is 0 Å². The summed E-state index contributed by atoms with van der Waals surface area (Å²) in [6.07, 6.45) is 14.0. The average Bonchev–Trinajstić information content (AvgIpc) is 4.40. The molecule has 2 saturated heterocycles. The van der Waals surface area contributed by atoms with Crippen LogP contribution in [0.15, 0.2) is 121 Å². The van der Waals surface area contributed by atoms with Gasteiger partial charge >= 0.3 is 0 Å². The summed E-state index contributed by atoms with van der Waals surface area (Å²) in [6.45, 7) is 4.88. The van der Waals surface area contributed by atoms with E-state index in [1.807, 2.05) is 121 Å². The Balaban J connectivity index is 0.921. The third-order valence-electron chi connectivity index (χ3n) is 18.9. The van der Waals surface area contributed by atoms with E-state index in [0.717, 1.165) is 99.3 Å². The van der Waals surface area contributed by atoms with Gasteiger partial charge in [-0.05, 0) is 126 Å². The third-order valence-corrected chi connectivity index (χ3v) is 18.9. The van der Waals surface area contributed by atoms with Crippen molar-refractivity contribution in [3.63, 3.8) is 0 Å². The summed E-state index contributed by atoms with van der Waals surface area (Å²) in [5, 5.41) is 24.7. The van der Waals surface area contributed by atoms with Gasteiger partial charge in [0.15, 0.2) is 0 Å². The molecule has 4 aliphatic rings. The van der Waals surface area contributed by atoms with Crippen molar-refractivity contribution in [1.29, 1.82) is 0 Å². The van der Waals surface area contributed by atoms with Crippen molar-refractivity contribution in [3.05, 3.63) is 144 Å². The minimum absolute atomic E-state index is 0.0457. The van der Waals surface area contributed by atoms with Gasteiger partial charge in [0.2, 0.25) is 47.3 Å². The first-order valence-corrected chi connectivity index (χ1v) is 32.7. The van der Waals surface area contributed by atoms with Crippen LogP contribution in [0.2, 0.25) is 0 Å². The second-order valence-electron chi connectivity index (χ2n) is 24.7. The van der Waals surface area contributed by atoms with Crippen molar-refractivity contribution in [2.75, 3.05) is 40.3 Å². The first-order valence-electron chi connectivity index (χ1n) is 32.7. The van der Waals surface area contributed by atoms with Crippen LogP contribution in [0.3, 0.4) is 0 Å². The lowest BCUT2D eigenvalue weighted by Crippen LogP contribution is -2.59. The van der Waals surface area contributed by atoms with Crippen LogP contribution in [-0.2, 0) is 38.4 Å². The van der Waals surface area contributed by atoms with Crippen molar-refractivity contribution in [3.8, 4) is 0 Å². The van der Waals surface area contributed by atoms with E-state index in [-0.39, 0.29) is 47.3 Å². The number of nitrogens with one attached hydrogen (secondary N) is 8. The fourth-order valence-electron chi connectivity index (χ4n) is 13.6. The van der Waals surface area contributed by atoms with Gasteiger partial charge in [0.05, 0.1) is 12.1 Å². The molecule has 8 rings (SSSR count). The Morgan fingerprint density at radius 3 is 1.02 bits per heavy atom. The molecule has 8 amide bonds. The van der Waals surface area contributed by atoms with Gasteiger partial charge in [0.25, 0.3) is 0 Å². The number of likely N-dealkylation sites (tertiary alicyclic amines) is 2. The van der Waals surface area contributed by atoms with Gasteiger partial charge in [-0.3, -0.25) is 38.4 Å². The van der Waals surface area contributed by atoms with Gasteiger partial charge < -0.3 is 52.3 Å². The summed E-state index contributed by atoms with van der Waals surface area (Å²) in [6, 6.07) is 32.3. The number of rotatable bonds is 29. The summed E-state index contributed by atoms with van der Waals surface area (Å²) in [4.78, 5) is 118. The van der Waals surface area contributed by atoms with Crippen LogP contribution in [0, 0.1) is 11.8 Å². The largest absolute Gasteiger partial charge is 0.354 e. The van der Waals surface area contributed by atoms with E-state index in [4.69, 9.17) is 0 Å². The Morgan fingerprint density at radius 2 is 0.716 bits per heavy atom. The molecule has 474 valence electrons. The zero-order valence-electron chi connectivity index (χ0n) is 52.2. The topological polar surface area (TPSA) is 239 Å². The number of unbranched alkanes of at least 4 members (excludes halogenated alkanes) is 3. The molecule has 2 heterocycles. The summed E-state index contributed by atoms with van der Waals surface area (Å²) in [5.41, 5.74) is 3.36. The number of carbonyl (C=O) groups excluding carboxylic acids is 8. The van der Waals surface area contributed by atoms with Crippen molar-refractivity contribution in [2.24, 2.45) is 11.8 Å². The van der Waals surface area contributed by atoms with Gasteiger partial charge in [-0.25, -0.2) is 0 Å². The quantitative estimate of drug-likeness (QED) is 0.0267. The number of carbonyl (C=O) groups is 8. The van der Waals surface area contributed by atoms with Crippen LogP contribution in [0.4, 0.5) is 0 Å². The smallest absolute Gasteiger partial charge is 0.246 e. The van der Waals surface area contributed by atoms with Crippen LogP contribution in [0.25, 0.3) is 0 Å². The summed E-state index contributed by atoms with van der Waals surface area (Å²) < 4.78 is 0. The Bertz CT molecular complexity index is 2620. The van der Waals surface area contributed by atoms with Gasteiger partial charge in [0, 0.05) is 38.0 Å². The van der Waals surface area contributed by atoms with Crippen molar-refractivity contribution >= 4 is 47.3 Å². The molecule has 0 bridgehead atoms. The first kappa shape index (κ1) is 66.5. The molecule has 4 fully saturated rings. The van der Waals surface area contributed by atoms with Crippen LogP contribution in [-0.4, -0.2) is 146 Å². The lowest BCUT2D eigenvalue weighted by Gasteiger charge is -2.36. The predicted molar refractivity (Wildman–Crippen MR) is 341 cm³/mol. The first-order chi connectivity index (χ1) is 42.8. The standard InChI is InChI=1S/C70H96N10O8/c1-47(71-3)63(81)75-59(53-37-21-11-22-38-53)69(87)79-45-27-41-55(79)65(83)77-61(57(49-29-13-7-14-30-49)50-31-15-8-16-32-50)67(85)73-43-25-5-6-26-44-74-68(86)62(58(51-33-17-9-18-34-51)52-35-19-10-20-36-52)78-66(84)56-42-28-46-80(56)70(88)60(54-39-23-12-24-40-54)76-64(82)48(2)72-4/h7-10,13-20,29-36,47-48,53-62,71-72H,5-6,11-12,21-28,37-46H2,1-4H3,(H,73,85)(H,74,86)(H,75,81)(H,76,82)(H,77,83)(H,78,84)/t47-,48-,55-,56-,59-,60-,61?,62?/m0/s1. The second-order valence-corrected chi connectivity index (χ2v) is 24.7. The zero-order chi connectivity index (χ0) is 62.4. The van der Waals surface area contributed by atoms with E-state index in [9.17, 15) is 38.4 Å². The molecule has 8 N–H and O–H groups in total. The number of hydrogen-bond donors (Lipinski definition) is 8. The van der Waals surface area contributed by atoms with Crippen LogP contribution < -0.4 is 42.5 Å². The third kappa shape index (κ3) is 17.7. The predicted octanol–water partition coefficient (Wildman–Crippen LogP) is 6.74. The highest BCUT2D eigenvalue weighted by Crippen LogP contribution is 2.34. The molecule has 8 atom stereocenters. The second kappa shape index (κ2) is 33.8. The van der Waals surface area contributed by atoms with E-state index in [2.05, 4.69) is 42.5 Å². The fraction of sp³-hybridized carbons (Fsp3) is 0.543. The zero-order valence-corrected chi connectivity index (χ0v) is 52.2. The molecule has 0 aromatic heterocycles. The number of nitrogens with zero attached hydrogens (tertiary/aromatic N) is 2. The van der Waals surface area contributed by atoms with E-state index < -0.39 is 72.0 Å². The molecule has 18 heteroatoms. The highest BCUT2D eigenvalue weighted by Gasteiger charge is 2.45. The molecule has 4 aromatic rings. The van der Waals surface area contributed by atoms with E-state index in [1.165, 1.54) is 0 Å². The maximum absolute atomic E-state index is 14.8. The van der Waals surface area contributed by atoms with Crippen LogP contribution in [0.5, 0.6) is 0 Å². The van der Waals surface area contributed by atoms with E-state index >= 15 is 0 Å². The molecule has 0 spiro atoms. The summed E-state index contributed by atoms with van der Waals surface area (Å²) >= 11 is 0. The molecule has 0 radical (unpaired) electrons. The van der Waals surface area contributed by atoms with E-state index in [1.54, 1.807) is 37.7 Å². The maximum atomic E-state index is 14.8. The molecule has 2 aliphatic carbocycles. The summed E-state index contributed by atoms with van der Waals surface area (Å²) in [7, 11) is 3.41. The Morgan fingerprint density at radius 1 is 0.398 bits per heavy atom. The molecule has 18 nitrogen and oxygen atoms in total. The average molecular weight is 1210 g/mol. The highest BCUT2D eigenvalue weighted by molar-refractivity contribution is 5.97. The van der Waals surface area contributed by atoms with E-state index in [0.29, 0.717) is 64.7 Å². The number of hydrogen-bond acceptors (Lipinski definition) is 10. The molecule has 88 heavy (non-hydrogen) atoms. The highest BCUT2D eigenvalue weighted by atomic mass is 16.2. The van der Waals surface area contributed by atoms with Crippen molar-refractivity contribution < 1.29 is 38.4 Å². The van der Waals surface area contributed by atoms with Crippen LogP contribution >= 0.6 is 0 Å². The molecule has 2 aliphatic heterocycles. The maximum Gasteiger partial charge on any atom is 0.246 e. The monoisotopic (exact) mass is 1200 g/mol. The van der Waals surface area contributed by atoms with Crippen LogP contribution in [0.1, 0.15) is 164 Å². The van der Waals surface area contributed by atoms with Crippen molar-refractivity contribution in [2.45, 2.75) is 190 Å². The summed E-state index contributed by atoms with van der Waals surface area (Å²) in [5.74, 6) is -3.84. The Labute approximate surface area is 521 Å². The molecule has 4 aromatic carbocycles. The molecular weight excluding hydrogens is 1110 g/mol. The van der Waals surface area contributed by atoms with Gasteiger partial charge in [-0.15, -0.1) is 0 Å². The van der Waals surface area contributed by atoms with Gasteiger partial charge in [0.1, 0.15) is 36.3 Å². The number of benzene rings is 4. The Hall–Kier alpha value is -7.44. The normalized spacial score (nSPS) is 19.4. The molecule has 2 saturated carbocycles. The SMILES string of the molecule is CN[C@@H](C)C(=O)N[C@H](C(=O)N1CCC[C@H]1C(=O)NC(C(=O)NCCCCCCNC(=O)C(NC(=O)[C@@H]1CCCN1C(=O)[C@@H](NC(=O)[C@H](C)NC)C1CCCCC1)C(c1ccccc1)c1ccccc1)C(c1ccccc1)c1ccccc1)C1CCCCC1. The lowest BCUT2D eigenvalue weighted by molar-refractivity contribution is -0.143. The minimum atomic E-state index is -1.05.